The van der Waals surface area contributed by atoms with Gasteiger partial charge in [-0.2, -0.15) is 0 Å². The van der Waals surface area contributed by atoms with Crippen molar-refractivity contribution < 1.29 is 14.3 Å². The Kier molecular flexibility index (Phi) is 5.47. The van der Waals surface area contributed by atoms with Crippen LogP contribution in [0.2, 0.25) is 0 Å². The van der Waals surface area contributed by atoms with Crippen molar-refractivity contribution >= 4 is 39.3 Å². The van der Waals surface area contributed by atoms with Crippen LogP contribution in [-0.4, -0.2) is 29.8 Å². The topological polar surface area (TPSA) is 59.2 Å². The number of aromatic nitrogens is 1. The Morgan fingerprint density at radius 2 is 1.79 bits per heavy atom. The zero-order chi connectivity index (χ0) is 23.0. The molecule has 1 atom stereocenters. The molecule has 1 aliphatic rings. The van der Waals surface area contributed by atoms with Gasteiger partial charge in [0, 0.05) is 40.9 Å². The number of benzene rings is 3. The smallest absolute Gasteiger partial charge is 0.173 e. The number of hydrogen-bond acceptors (Lipinski definition) is 3. The van der Waals surface area contributed by atoms with Gasteiger partial charge in [0.2, 0.25) is 0 Å². The Labute approximate surface area is 193 Å². The first kappa shape index (κ1) is 21.4. The highest BCUT2D eigenvalue weighted by atomic mass is 16.5. The molecular formula is C29H27NO3. The molecular weight excluding hydrogens is 410 g/mol. The van der Waals surface area contributed by atoms with E-state index in [2.05, 4.69) is 11.1 Å². The zero-order valence-corrected chi connectivity index (χ0v) is 19.0. The summed E-state index contributed by atoms with van der Waals surface area (Å²) in [6, 6.07) is 19.8. The lowest BCUT2D eigenvalue weighted by molar-refractivity contribution is 0.0743. The summed E-state index contributed by atoms with van der Waals surface area (Å²) in [4.78, 5) is 29.5. The highest BCUT2D eigenvalue weighted by molar-refractivity contribution is 6.06. The van der Waals surface area contributed by atoms with Crippen LogP contribution in [0.3, 0.4) is 0 Å². The van der Waals surface area contributed by atoms with Gasteiger partial charge in [-0.1, -0.05) is 42.5 Å². The molecule has 0 amide bonds. The normalized spacial score (nSPS) is 17.4. The Balaban J connectivity index is 1.59. The zero-order valence-electron chi connectivity index (χ0n) is 19.0. The Bertz CT molecular complexity index is 1410. The van der Waals surface area contributed by atoms with Crippen LogP contribution in [0.5, 0.6) is 0 Å². The van der Waals surface area contributed by atoms with Gasteiger partial charge >= 0.3 is 0 Å². The van der Waals surface area contributed by atoms with E-state index in [0.717, 1.165) is 32.9 Å². The number of carbonyl (C=O) groups excluding carboxylic acids is 2. The highest BCUT2D eigenvalue weighted by Gasteiger charge is 2.40. The third-order valence-electron chi connectivity index (χ3n) is 6.77. The maximum atomic E-state index is 14.0. The van der Waals surface area contributed by atoms with E-state index < -0.39 is 5.41 Å². The number of hydrogen-bond donors (Lipinski definition) is 1. The summed E-state index contributed by atoms with van der Waals surface area (Å²) in [5.74, 6) is 0.139. The van der Waals surface area contributed by atoms with Gasteiger partial charge in [-0.05, 0) is 73.4 Å². The maximum absolute atomic E-state index is 14.0. The van der Waals surface area contributed by atoms with Crippen LogP contribution >= 0.6 is 0 Å². The number of ketones is 2. The van der Waals surface area contributed by atoms with E-state index in [-0.39, 0.29) is 11.6 Å². The highest BCUT2D eigenvalue weighted by Crippen LogP contribution is 2.41. The molecule has 1 N–H and O–H groups in total. The van der Waals surface area contributed by atoms with Crippen molar-refractivity contribution in [3.8, 4) is 0 Å². The van der Waals surface area contributed by atoms with Crippen molar-refractivity contribution in [1.82, 2.24) is 4.98 Å². The number of carbonyl (C=O) groups is 2. The molecule has 0 saturated heterocycles. The molecule has 4 heteroatoms. The number of H-pyrrole nitrogens is 1. The van der Waals surface area contributed by atoms with Gasteiger partial charge in [-0.3, -0.25) is 9.59 Å². The first-order valence-electron chi connectivity index (χ1n) is 11.5. The number of ether oxygens (including phenoxy) is 1. The molecule has 1 aliphatic carbocycles. The van der Waals surface area contributed by atoms with Crippen molar-refractivity contribution in [2.45, 2.75) is 26.7 Å². The van der Waals surface area contributed by atoms with Gasteiger partial charge in [-0.15, -0.1) is 0 Å². The summed E-state index contributed by atoms with van der Waals surface area (Å²) in [6.07, 6.45) is 5.24. The molecule has 166 valence electrons. The molecule has 0 bridgehead atoms. The van der Waals surface area contributed by atoms with Gasteiger partial charge in [0.1, 0.15) is 0 Å². The first-order chi connectivity index (χ1) is 16.0. The van der Waals surface area contributed by atoms with Crippen LogP contribution in [0.15, 0.2) is 66.7 Å². The number of rotatable bonds is 7. The molecule has 0 aliphatic heterocycles. The quantitative estimate of drug-likeness (QED) is 0.269. The summed E-state index contributed by atoms with van der Waals surface area (Å²) in [7, 11) is 0. The number of allylic oxidation sites excluding steroid dienone is 1. The fourth-order valence-corrected chi connectivity index (χ4v) is 4.90. The van der Waals surface area contributed by atoms with Gasteiger partial charge in [0.05, 0.1) is 5.41 Å². The van der Waals surface area contributed by atoms with Crippen LogP contribution in [0.4, 0.5) is 0 Å². The van der Waals surface area contributed by atoms with Gasteiger partial charge < -0.3 is 9.72 Å². The van der Waals surface area contributed by atoms with Crippen molar-refractivity contribution in [3.05, 3.63) is 89.1 Å². The molecule has 1 unspecified atom stereocenters. The molecule has 5 rings (SSSR count). The van der Waals surface area contributed by atoms with Crippen molar-refractivity contribution in [2.24, 2.45) is 5.41 Å². The van der Waals surface area contributed by atoms with Crippen molar-refractivity contribution in [3.63, 3.8) is 0 Å². The fourth-order valence-electron chi connectivity index (χ4n) is 4.90. The Morgan fingerprint density at radius 1 is 1.00 bits per heavy atom. The summed E-state index contributed by atoms with van der Waals surface area (Å²) in [6.45, 7) is 4.67. The molecule has 0 spiro atoms. The number of aromatic amines is 1. The molecule has 1 aromatic heterocycles. The average Bonchev–Trinajstić information content (AvgIpc) is 3.20. The minimum Gasteiger partial charge on any atom is -0.382 e. The van der Waals surface area contributed by atoms with Crippen LogP contribution < -0.4 is 0 Å². The van der Waals surface area contributed by atoms with E-state index in [1.54, 1.807) is 6.92 Å². The van der Waals surface area contributed by atoms with E-state index in [0.29, 0.717) is 37.2 Å². The van der Waals surface area contributed by atoms with E-state index in [4.69, 9.17) is 4.74 Å². The lowest BCUT2D eigenvalue weighted by Gasteiger charge is -2.32. The largest absolute Gasteiger partial charge is 0.382 e. The lowest BCUT2D eigenvalue weighted by atomic mass is 9.70. The molecule has 1 heterocycles. The van der Waals surface area contributed by atoms with E-state index in [1.165, 1.54) is 0 Å². The molecule has 0 fully saturated rings. The summed E-state index contributed by atoms with van der Waals surface area (Å²) in [5, 5.41) is 3.18. The second kappa shape index (κ2) is 8.45. The SMILES string of the molecule is CCOCCC1(C(=O)c2ccc3ccccc3c2)C=Cc2[nH]c3ccc(C(C)=O)cc3c2C1. The van der Waals surface area contributed by atoms with Crippen molar-refractivity contribution in [2.75, 3.05) is 13.2 Å². The summed E-state index contributed by atoms with van der Waals surface area (Å²) >= 11 is 0. The third kappa shape index (κ3) is 3.81. The van der Waals surface area contributed by atoms with Crippen LogP contribution in [0.1, 0.15) is 52.2 Å². The van der Waals surface area contributed by atoms with Crippen molar-refractivity contribution in [1.29, 1.82) is 0 Å². The van der Waals surface area contributed by atoms with Gasteiger partial charge in [0.25, 0.3) is 0 Å². The van der Waals surface area contributed by atoms with E-state index >= 15 is 0 Å². The van der Waals surface area contributed by atoms with Crippen LogP contribution in [-0.2, 0) is 11.2 Å². The number of fused-ring (bicyclic) bond motifs is 4. The Hall–Kier alpha value is -3.50. The maximum Gasteiger partial charge on any atom is 0.173 e. The third-order valence-corrected chi connectivity index (χ3v) is 6.77. The minimum absolute atomic E-state index is 0.0352. The Morgan fingerprint density at radius 3 is 2.58 bits per heavy atom. The molecule has 0 saturated carbocycles. The molecule has 4 nitrogen and oxygen atoms in total. The number of Topliss-reactive ketones (excluding diaryl/α,β-unsaturated/α-hetero) is 2. The predicted molar refractivity (Wildman–Crippen MR) is 133 cm³/mol. The van der Waals surface area contributed by atoms with E-state index in [1.807, 2.05) is 73.7 Å². The van der Waals surface area contributed by atoms with Gasteiger partial charge in [0.15, 0.2) is 11.6 Å². The molecule has 33 heavy (non-hydrogen) atoms. The van der Waals surface area contributed by atoms with Gasteiger partial charge in [-0.25, -0.2) is 0 Å². The second-order valence-electron chi connectivity index (χ2n) is 8.84. The van der Waals surface area contributed by atoms with Crippen LogP contribution in [0, 0.1) is 5.41 Å². The standard InChI is InChI=1S/C29H27NO3/c1-3-33-15-14-29(28(32)23-9-8-20-6-4-5-7-22(20)16-23)13-12-27-25(18-29)24-17-21(19(2)31)10-11-26(24)30-27/h4-13,16-17,30H,3,14-15,18H2,1-2H3. The average molecular weight is 438 g/mol. The predicted octanol–water partition coefficient (Wildman–Crippen LogP) is 6.39. The number of nitrogens with one attached hydrogen (secondary N) is 1. The second-order valence-corrected chi connectivity index (χ2v) is 8.84. The first-order valence-corrected chi connectivity index (χ1v) is 11.5. The molecule has 0 radical (unpaired) electrons. The summed E-state index contributed by atoms with van der Waals surface area (Å²) in [5.41, 5.74) is 3.76. The minimum atomic E-state index is -0.702. The van der Waals surface area contributed by atoms with Crippen LogP contribution in [0.25, 0.3) is 27.8 Å². The molecule has 3 aromatic carbocycles. The fraction of sp³-hybridized carbons (Fsp3) is 0.241. The lowest BCUT2D eigenvalue weighted by Crippen LogP contribution is -2.35. The summed E-state index contributed by atoms with van der Waals surface area (Å²) < 4.78 is 5.69. The van der Waals surface area contributed by atoms with E-state index in [9.17, 15) is 9.59 Å². The monoisotopic (exact) mass is 437 g/mol. The molecule has 4 aromatic rings.